The second kappa shape index (κ2) is 8.75. The number of rotatable bonds is 6. The van der Waals surface area contributed by atoms with Gasteiger partial charge in [0.05, 0.1) is 19.8 Å². The number of hydrogen-bond donors (Lipinski definition) is 1. The van der Waals surface area contributed by atoms with Crippen LogP contribution in [0.15, 0.2) is 0 Å². The van der Waals surface area contributed by atoms with E-state index < -0.39 is 0 Å². The lowest BCUT2D eigenvalue weighted by Gasteiger charge is -2.08. The zero-order valence-electron chi connectivity index (χ0n) is 8.25. The Morgan fingerprint density at radius 3 is 2.69 bits per heavy atom. The van der Waals surface area contributed by atoms with Crippen molar-refractivity contribution in [1.82, 2.24) is 5.32 Å². The lowest BCUT2D eigenvalue weighted by Crippen LogP contribution is -2.15. The average Bonchev–Trinajstić information content (AvgIpc) is 2.57. The normalized spacial score (nSPS) is 21.5. The molecule has 3 nitrogen and oxygen atoms in total. The van der Waals surface area contributed by atoms with Gasteiger partial charge in [-0.15, -0.1) is 12.4 Å². The van der Waals surface area contributed by atoms with Crippen molar-refractivity contribution in [3.8, 4) is 0 Å². The fourth-order valence-corrected chi connectivity index (χ4v) is 1.37. The molecule has 1 saturated heterocycles. The first-order chi connectivity index (χ1) is 5.93. The first kappa shape index (κ1) is 13.2. The third-order valence-corrected chi connectivity index (χ3v) is 2.09. The summed E-state index contributed by atoms with van der Waals surface area (Å²) in [6.45, 7) is 7.42. The Labute approximate surface area is 86.6 Å². The zero-order chi connectivity index (χ0) is 8.65. The van der Waals surface area contributed by atoms with Gasteiger partial charge in [0.15, 0.2) is 0 Å². The van der Waals surface area contributed by atoms with E-state index in [-0.39, 0.29) is 12.4 Å². The molecule has 1 unspecified atom stereocenters. The highest BCUT2D eigenvalue weighted by atomic mass is 35.5. The van der Waals surface area contributed by atoms with E-state index in [0.29, 0.717) is 0 Å². The lowest BCUT2D eigenvalue weighted by atomic mass is 10.1. The van der Waals surface area contributed by atoms with E-state index in [2.05, 4.69) is 5.32 Å². The summed E-state index contributed by atoms with van der Waals surface area (Å²) in [5.41, 5.74) is 0. The second-order valence-corrected chi connectivity index (χ2v) is 3.13. The molecule has 0 spiro atoms. The van der Waals surface area contributed by atoms with Crippen molar-refractivity contribution in [1.29, 1.82) is 0 Å². The Morgan fingerprint density at radius 1 is 1.31 bits per heavy atom. The van der Waals surface area contributed by atoms with Gasteiger partial charge in [-0.25, -0.2) is 0 Å². The van der Waals surface area contributed by atoms with Gasteiger partial charge >= 0.3 is 0 Å². The van der Waals surface area contributed by atoms with Crippen LogP contribution in [0.2, 0.25) is 0 Å². The molecule has 1 rings (SSSR count). The second-order valence-electron chi connectivity index (χ2n) is 3.13. The molecule has 13 heavy (non-hydrogen) atoms. The van der Waals surface area contributed by atoms with E-state index in [1.54, 1.807) is 0 Å². The molecular formula is C9H20ClNO2. The summed E-state index contributed by atoms with van der Waals surface area (Å²) in [6.07, 6.45) is 1.26. The first-order valence-corrected chi connectivity index (χ1v) is 4.79. The van der Waals surface area contributed by atoms with Crippen molar-refractivity contribution in [3.63, 3.8) is 0 Å². The standard InChI is InChI=1S/C9H19NO2.ClH/c1-2-11-5-6-12-8-9-3-4-10-7-9;/h9-10H,2-8H2,1H3;1H. The van der Waals surface area contributed by atoms with Crippen molar-refractivity contribution in [3.05, 3.63) is 0 Å². The van der Waals surface area contributed by atoms with Crippen molar-refractivity contribution < 1.29 is 9.47 Å². The predicted octanol–water partition coefficient (Wildman–Crippen LogP) is 1.07. The molecule has 0 radical (unpaired) electrons. The monoisotopic (exact) mass is 209 g/mol. The van der Waals surface area contributed by atoms with Gasteiger partial charge in [0.2, 0.25) is 0 Å². The number of halogens is 1. The van der Waals surface area contributed by atoms with E-state index in [1.165, 1.54) is 6.42 Å². The summed E-state index contributed by atoms with van der Waals surface area (Å²) >= 11 is 0. The van der Waals surface area contributed by atoms with Crippen molar-refractivity contribution >= 4 is 12.4 Å². The number of ether oxygens (including phenoxy) is 2. The molecule has 0 aromatic heterocycles. The summed E-state index contributed by atoms with van der Waals surface area (Å²) in [5, 5.41) is 3.31. The van der Waals surface area contributed by atoms with Crippen molar-refractivity contribution in [2.45, 2.75) is 13.3 Å². The molecule has 0 aliphatic carbocycles. The van der Waals surface area contributed by atoms with Gasteiger partial charge in [0, 0.05) is 13.2 Å². The zero-order valence-corrected chi connectivity index (χ0v) is 9.07. The Hall–Kier alpha value is 0.170. The molecule has 1 fully saturated rings. The summed E-state index contributed by atoms with van der Waals surface area (Å²) in [4.78, 5) is 0. The van der Waals surface area contributed by atoms with E-state index in [1.807, 2.05) is 6.92 Å². The van der Waals surface area contributed by atoms with Crippen LogP contribution in [0.25, 0.3) is 0 Å². The molecule has 0 amide bonds. The average molecular weight is 210 g/mol. The van der Waals surface area contributed by atoms with Crippen LogP contribution in [-0.4, -0.2) is 39.5 Å². The first-order valence-electron chi connectivity index (χ1n) is 4.79. The maximum absolute atomic E-state index is 5.45. The minimum Gasteiger partial charge on any atom is -0.379 e. The minimum absolute atomic E-state index is 0. The van der Waals surface area contributed by atoms with Crippen molar-refractivity contribution in [2.75, 3.05) is 39.5 Å². The van der Waals surface area contributed by atoms with Crippen LogP contribution in [-0.2, 0) is 9.47 Å². The van der Waals surface area contributed by atoms with E-state index in [0.717, 1.165) is 45.4 Å². The fourth-order valence-electron chi connectivity index (χ4n) is 1.37. The van der Waals surface area contributed by atoms with Gasteiger partial charge in [-0.3, -0.25) is 0 Å². The van der Waals surface area contributed by atoms with E-state index >= 15 is 0 Å². The quantitative estimate of drug-likeness (QED) is 0.664. The Balaban J connectivity index is 0.00000144. The molecule has 1 aliphatic rings. The number of hydrogen-bond acceptors (Lipinski definition) is 3. The third-order valence-electron chi connectivity index (χ3n) is 2.09. The highest BCUT2D eigenvalue weighted by molar-refractivity contribution is 5.85. The molecule has 80 valence electrons. The van der Waals surface area contributed by atoms with Gasteiger partial charge in [0.1, 0.15) is 0 Å². The minimum atomic E-state index is 0. The maximum Gasteiger partial charge on any atom is 0.0700 e. The molecule has 0 saturated carbocycles. The van der Waals surface area contributed by atoms with Gasteiger partial charge in [-0.1, -0.05) is 0 Å². The molecule has 1 N–H and O–H groups in total. The molecule has 0 aromatic rings. The molecular weight excluding hydrogens is 190 g/mol. The van der Waals surface area contributed by atoms with Crippen LogP contribution in [0.3, 0.4) is 0 Å². The topological polar surface area (TPSA) is 30.5 Å². The molecule has 0 aromatic carbocycles. The van der Waals surface area contributed by atoms with Crippen LogP contribution >= 0.6 is 12.4 Å². The number of nitrogens with one attached hydrogen (secondary N) is 1. The van der Waals surface area contributed by atoms with Gasteiger partial charge in [-0.2, -0.15) is 0 Å². The summed E-state index contributed by atoms with van der Waals surface area (Å²) in [6, 6.07) is 0. The van der Waals surface area contributed by atoms with Crippen LogP contribution in [0.4, 0.5) is 0 Å². The summed E-state index contributed by atoms with van der Waals surface area (Å²) in [5.74, 6) is 0.728. The Bertz CT molecular complexity index is 108. The fraction of sp³-hybridized carbons (Fsp3) is 1.00. The van der Waals surface area contributed by atoms with Crippen LogP contribution in [0.1, 0.15) is 13.3 Å². The van der Waals surface area contributed by atoms with E-state index in [4.69, 9.17) is 9.47 Å². The lowest BCUT2D eigenvalue weighted by molar-refractivity contribution is 0.0400. The highest BCUT2D eigenvalue weighted by Crippen LogP contribution is 2.06. The van der Waals surface area contributed by atoms with Crippen LogP contribution in [0, 0.1) is 5.92 Å². The molecule has 1 heterocycles. The van der Waals surface area contributed by atoms with Crippen molar-refractivity contribution in [2.24, 2.45) is 5.92 Å². The smallest absolute Gasteiger partial charge is 0.0700 e. The molecule has 4 heteroatoms. The summed E-state index contributed by atoms with van der Waals surface area (Å²) in [7, 11) is 0. The molecule has 0 bridgehead atoms. The predicted molar refractivity (Wildman–Crippen MR) is 55.5 cm³/mol. The molecule has 1 atom stereocenters. The summed E-state index contributed by atoms with van der Waals surface area (Å²) < 4.78 is 10.6. The maximum atomic E-state index is 5.45. The van der Waals surface area contributed by atoms with Gasteiger partial charge in [0.25, 0.3) is 0 Å². The van der Waals surface area contributed by atoms with Crippen LogP contribution < -0.4 is 5.32 Å². The SMILES string of the molecule is CCOCCOCC1CCNC1.Cl. The molecule has 1 aliphatic heterocycles. The van der Waals surface area contributed by atoms with Gasteiger partial charge in [-0.05, 0) is 25.8 Å². The Kier molecular flexibility index (Phi) is 8.87. The van der Waals surface area contributed by atoms with Gasteiger partial charge < -0.3 is 14.8 Å². The largest absolute Gasteiger partial charge is 0.379 e. The highest BCUT2D eigenvalue weighted by Gasteiger charge is 2.13. The third kappa shape index (κ3) is 6.27. The Morgan fingerprint density at radius 2 is 2.08 bits per heavy atom. The van der Waals surface area contributed by atoms with E-state index in [9.17, 15) is 0 Å². The van der Waals surface area contributed by atoms with Crippen LogP contribution in [0.5, 0.6) is 0 Å².